The lowest BCUT2D eigenvalue weighted by atomic mass is 9.95. The van der Waals surface area contributed by atoms with Crippen molar-refractivity contribution in [2.45, 2.75) is 19.9 Å². The van der Waals surface area contributed by atoms with E-state index in [1.54, 1.807) is 0 Å². The number of aryl methyl sites for hydroxylation is 2. The molecule has 0 heterocycles. The van der Waals surface area contributed by atoms with E-state index < -0.39 is 0 Å². The molecule has 0 aromatic heterocycles. The Bertz CT molecular complexity index is 561. The summed E-state index contributed by atoms with van der Waals surface area (Å²) in [5, 5.41) is 6.60. The van der Waals surface area contributed by atoms with E-state index in [-0.39, 0.29) is 6.04 Å². The molecule has 0 bridgehead atoms. The Morgan fingerprint density at radius 2 is 1.58 bits per heavy atom. The second-order valence-corrected chi connectivity index (χ2v) is 4.94. The summed E-state index contributed by atoms with van der Waals surface area (Å²) in [4.78, 5) is 0. The Hall–Kier alpha value is -1.80. The third kappa shape index (κ3) is 2.96. The van der Waals surface area contributed by atoms with Crippen molar-refractivity contribution in [3.8, 4) is 0 Å². The van der Waals surface area contributed by atoms with E-state index in [2.05, 4.69) is 66.9 Å². The molecule has 0 radical (unpaired) electrons. The Balaban J connectivity index is 2.40. The van der Waals surface area contributed by atoms with E-state index in [0.717, 1.165) is 5.69 Å². The van der Waals surface area contributed by atoms with Gasteiger partial charge in [-0.15, -0.1) is 0 Å². The molecule has 0 fully saturated rings. The van der Waals surface area contributed by atoms with Crippen LogP contribution in [-0.4, -0.2) is 14.1 Å². The van der Waals surface area contributed by atoms with Crippen molar-refractivity contribution in [2.24, 2.45) is 0 Å². The number of nitrogens with one attached hydrogen (secondary N) is 2. The van der Waals surface area contributed by atoms with Gasteiger partial charge in [0.1, 0.15) is 0 Å². The highest BCUT2D eigenvalue weighted by Gasteiger charge is 2.12. The predicted molar refractivity (Wildman–Crippen MR) is 82.8 cm³/mol. The van der Waals surface area contributed by atoms with Gasteiger partial charge in [0.2, 0.25) is 0 Å². The van der Waals surface area contributed by atoms with Gasteiger partial charge in [0.05, 0.1) is 6.04 Å². The third-order valence-corrected chi connectivity index (χ3v) is 3.66. The zero-order valence-electron chi connectivity index (χ0n) is 12.1. The van der Waals surface area contributed by atoms with Gasteiger partial charge in [-0.1, -0.05) is 30.3 Å². The van der Waals surface area contributed by atoms with Crippen LogP contribution in [0.3, 0.4) is 0 Å². The number of hydrogen-bond donors (Lipinski definition) is 2. The summed E-state index contributed by atoms with van der Waals surface area (Å²) in [7, 11) is 3.95. The van der Waals surface area contributed by atoms with Gasteiger partial charge in [0.25, 0.3) is 0 Å². The van der Waals surface area contributed by atoms with E-state index in [9.17, 15) is 0 Å². The average Bonchev–Trinajstić information content (AvgIpc) is 2.44. The summed E-state index contributed by atoms with van der Waals surface area (Å²) in [6, 6.07) is 15.4. The molecule has 2 aromatic carbocycles. The topological polar surface area (TPSA) is 24.1 Å². The Labute approximate surface area is 115 Å². The van der Waals surface area contributed by atoms with E-state index >= 15 is 0 Å². The highest BCUT2D eigenvalue weighted by molar-refractivity contribution is 5.48. The van der Waals surface area contributed by atoms with Crippen LogP contribution < -0.4 is 10.6 Å². The lowest BCUT2D eigenvalue weighted by Gasteiger charge is -2.19. The largest absolute Gasteiger partial charge is 0.388 e. The summed E-state index contributed by atoms with van der Waals surface area (Å²) in [6.45, 7) is 4.31. The SMILES string of the molecule is CNc1cccc(C(NC)c2ccc(C)c(C)c2)c1. The van der Waals surface area contributed by atoms with Gasteiger partial charge in [-0.05, 0) is 55.3 Å². The predicted octanol–water partition coefficient (Wildman–Crippen LogP) is 3.65. The van der Waals surface area contributed by atoms with Crippen molar-refractivity contribution in [1.29, 1.82) is 0 Å². The van der Waals surface area contributed by atoms with Crippen molar-refractivity contribution in [3.63, 3.8) is 0 Å². The molecule has 0 aliphatic rings. The molecule has 1 atom stereocenters. The molecule has 0 amide bonds. The number of rotatable bonds is 4. The first kappa shape index (κ1) is 13.6. The summed E-state index contributed by atoms with van der Waals surface area (Å²) in [6.07, 6.45) is 0. The molecule has 0 saturated heterocycles. The maximum absolute atomic E-state index is 3.40. The van der Waals surface area contributed by atoms with Gasteiger partial charge in [0.15, 0.2) is 0 Å². The van der Waals surface area contributed by atoms with Gasteiger partial charge >= 0.3 is 0 Å². The van der Waals surface area contributed by atoms with Gasteiger partial charge in [-0.25, -0.2) is 0 Å². The standard InChI is InChI=1S/C17H22N2/c1-12-8-9-15(10-13(12)2)17(19-4)14-6-5-7-16(11-14)18-3/h5-11,17-19H,1-4H3. The quantitative estimate of drug-likeness (QED) is 0.870. The summed E-state index contributed by atoms with van der Waals surface area (Å²) < 4.78 is 0. The van der Waals surface area contributed by atoms with Crippen LogP contribution in [0.5, 0.6) is 0 Å². The minimum Gasteiger partial charge on any atom is -0.388 e. The Morgan fingerprint density at radius 3 is 2.21 bits per heavy atom. The van der Waals surface area contributed by atoms with Crippen LogP contribution >= 0.6 is 0 Å². The molecule has 1 unspecified atom stereocenters. The third-order valence-electron chi connectivity index (χ3n) is 3.66. The summed E-state index contributed by atoms with van der Waals surface area (Å²) in [5.74, 6) is 0. The zero-order valence-corrected chi connectivity index (χ0v) is 12.1. The van der Waals surface area contributed by atoms with Gasteiger partial charge in [-0.2, -0.15) is 0 Å². The lowest BCUT2D eigenvalue weighted by Crippen LogP contribution is -2.18. The van der Waals surface area contributed by atoms with Crippen molar-refractivity contribution in [1.82, 2.24) is 5.32 Å². The molecule has 100 valence electrons. The van der Waals surface area contributed by atoms with Gasteiger partial charge in [-0.3, -0.25) is 0 Å². The van der Waals surface area contributed by atoms with E-state index in [4.69, 9.17) is 0 Å². The van der Waals surface area contributed by atoms with Gasteiger partial charge < -0.3 is 10.6 Å². The van der Waals surface area contributed by atoms with Crippen molar-refractivity contribution in [2.75, 3.05) is 19.4 Å². The lowest BCUT2D eigenvalue weighted by molar-refractivity contribution is 0.691. The van der Waals surface area contributed by atoms with Crippen LogP contribution in [0.25, 0.3) is 0 Å². The summed E-state index contributed by atoms with van der Waals surface area (Å²) >= 11 is 0. The number of benzene rings is 2. The first-order valence-electron chi connectivity index (χ1n) is 6.68. The minimum absolute atomic E-state index is 0.229. The zero-order chi connectivity index (χ0) is 13.8. The van der Waals surface area contributed by atoms with Crippen molar-refractivity contribution < 1.29 is 0 Å². The molecule has 2 aromatic rings. The molecule has 0 aliphatic heterocycles. The molecular formula is C17H22N2. The molecule has 2 nitrogen and oxygen atoms in total. The fourth-order valence-electron chi connectivity index (χ4n) is 2.34. The van der Waals surface area contributed by atoms with E-state index in [1.165, 1.54) is 22.3 Å². The van der Waals surface area contributed by atoms with E-state index in [1.807, 2.05) is 14.1 Å². The number of hydrogen-bond acceptors (Lipinski definition) is 2. The van der Waals surface area contributed by atoms with Crippen molar-refractivity contribution in [3.05, 3.63) is 64.7 Å². The molecular weight excluding hydrogens is 232 g/mol. The second-order valence-electron chi connectivity index (χ2n) is 4.94. The summed E-state index contributed by atoms with van der Waals surface area (Å²) in [5.41, 5.74) is 6.39. The highest BCUT2D eigenvalue weighted by Crippen LogP contribution is 2.25. The van der Waals surface area contributed by atoms with Crippen LogP contribution in [0.15, 0.2) is 42.5 Å². The van der Waals surface area contributed by atoms with Crippen LogP contribution in [0.1, 0.15) is 28.3 Å². The van der Waals surface area contributed by atoms with Crippen LogP contribution in [0.4, 0.5) is 5.69 Å². The Morgan fingerprint density at radius 1 is 0.842 bits per heavy atom. The molecule has 2 heteroatoms. The molecule has 0 spiro atoms. The maximum Gasteiger partial charge on any atom is 0.0575 e. The molecule has 19 heavy (non-hydrogen) atoms. The monoisotopic (exact) mass is 254 g/mol. The fourth-order valence-corrected chi connectivity index (χ4v) is 2.34. The smallest absolute Gasteiger partial charge is 0.0575 e. The highest BCUT2D eigenvalue weighted by atomic mass is 14.9. The normalized spacial score (nSPS) is 12.2. The molecule has 0 aliphatic carbocycles. The van der Waals surface area contributed by atoms with Crippen LogP contribution in [-0.2, 0) is 0 Å². The Kier molecular flexibility index (Phi) is 4.23. The first-order valence-corrected chi connectivity index (χ1v) is 6.68. The molecule has 2 rings (SSSR count). The van der Waals surface area contributed by atoms with E-state index in [0.29, 0.717) is 0 Å². The van der Waals surface area contributed by atoms with Crippen LogP contribution in [0.2, 0.25) is 0 Å². The average molecular weight is 254 g/mol. The van der Waals surface area contributed by atoms with Crippen molar-refractivity contribution >= 4 is 5.69 Å². The maximum atomic E-state index is 3.40. The first-order chi connectivity index (χ1) is 9.15. The second kappa shape index (κ2) is 5.89. The number of anilines is 1. The van der Waals surface area contributed by atoms with Crippen LogP contribution in [0, 0.1) is 13.8 Å². The molecule has 2 N–H and O–H groups in total. The van der Waals surface area contributed by atoms with Gasteiger partial charge in [0, 0.05) is 12.7 Å². The minimum atomic E-state index is 0.229. The fraction of sp³-hybridized carbons (Fsp3) is 0.294. The molecule has 0 saturated carbocycles.